The summed E-state index contributed by atoms with van der Waals surface area (Å²) in [4.78, 5) is 17.1. The highest BCUT2D eigenvalue weighted by molar-refractivity contribution is 6.05. The van der Waals surface area contributed by atoms with Gasteiger partial charge in [-0.25, -0.2) is 13.9 Å². The first-order chi connectivity index (χ1) is 13.1. The maximum absolute atomic E-state index is 13.8. The van der Waals surface area contributed by atoms with Crippen molar-refractivity contribution in [2.45, 2.75) is 13.8 Å². The van der Waals surface area contributed by atoms with E-state index in [2.05, 4.69) is 15.4 Å². The number of hydrogen-bond acceptors (Lipinski definition) is 3. The number of aryl methyl sites for hydroxylation is 2. The second-order valence-corrected chi connectivity index (χ2v) is 6.25. The van der Waals surface area contributed by atoms with Gasteiger partial charge in [0.2, 0.25) is 0 Å². The zero-order chi connectivity index (χ0) is 19.0. The van der Waals surface area contributed by atoms with Crippen LogP contribution in [0.25, 0.3) is 16.8 Å². The number of carbonyl (C=O) groups is 1. The molecule has 0 fully saturated rings. The van der Waals surface area contributed by atoms with Gasteiger partial charge in [-0.05, 0) is 31.5 Å². The van der Waals surface area contributed by atoms with Crippen LogP contribution in [0, 0.1) is 19.7 Å². The minimum Gasteiger partial charge on any atom is -0.319 e. The number of aromatic nitrogens is 3. The van der Waals surface area contributed by atoms with Gasteiger partial charge >= 0.3 is 0 Å². The van der Waals surface area contributed by atoms with E-state index < -0.39 is 11.7 Å². The summed E-state index contributed by atoms with van der Waals surface area (Å²) < 4.78 is 15.5. The molecule has 4 rings (SSSR count). The number of halogens is 1. The number of para-hydroxylation sites is 1. The van der Waals surface area contributed by atoms with E-state index in [0.717, 1.165) is 16.8 Å². The number of amides is 1. The fourth-order valence-electron chi connectivity index (χ4n) is 3.12. The lowest BCUT2D eigenvalue weighted by Gasteiger charge is -2.09. The van der Waals surface area contributed by atoms with Gasteiger partial charge in [0.1, 0.15) is 5.82 Å². The summed E-state index contributed by atoms with van der Waals surface area (Å²) in [5, 5.41) is 7.15. The lowest BCUT2D eigenvalue weighted by Crippen LogP contribution is -2.16. The fraction of sp³-hybridized carbons (Fsp3) is 0.0952. The molecule has 0 radical (unpaired) electrons. The van der Waals surface area contributed by atoms with Crippen LogP contribution in [0.5, 0.6) is 0 Å². The Kier molecular flexibility index (Phi) is 4.16. The van der Waals surface area contributed by atoms with Crippen LogP contribution in [0.4, 0.5) is 10.1 Å². The Hall–Kier alpha value is -3.54. The zero-order valence-corrected chi connectivity index (χ0v) is 14.9. The average Bonchev–Trinajstić information content (AvgIpc) is 3.01. The van der Waals surface area contributed by atoms with Gasteiger partial charge in [0.15, 0.2) is 5.65 Å². The van der Waals surface area contributed by atoms with Gasteiger partial charge in [-0.15, -0.1) is 0 Å². The highest BCUT2D eigenvalue weighted by Crippen LogP contribution is 2.28. The maximum atomic E-state index is 13.8. The van der Waals surface area contributed by atoms with Crippen molar-refractivity contribution in [1.29, 1.82) is 0 Å². The molecule has 0 spiro atoms. The Bertz CT molecular complexity index is 1150. The van der Waals surface area contributed by atoms with Gasteiger partial charge in [-0.3, -0.25) is 4.79 Å². The molecule has 2 aromatic carbocycles. The third kappa shape index (κ3) is 2.95. The Morgan fingerprint density at radius 1 is 1.04 bits per heavy atom. The SMILES string of the molecule is Cc1nn2c(C)c(C(=O)Nc3ccccc3F)cnc2c1-c1ccccc1. The molecule has 0 saturated carbocycles. The van der Waals surface area contributed by atoms with Crippen molar-refractivity contribution in [2.24, 2.45) is 0 Å². The number of carbonyl (C=O) groups excluding carboxylic acids is 1. The number of nitrogens with one attached hydrogen (secondary N) is 1. The van der Waals surface area contributed by atoms with Crippen LogP contribution < -0.4 is 5.32 Å². The predicted octanol–water partition coefficient (Wildman–Crippen LogP) is 4.40. The van der Waals surface area contributed by atoms with E-state index in [0.29, 0.717) is 16.9 Å². The number of anilines is 1. The van der Waals surface area contributed by atoms with Gasteiger partial charge in [-0.1, -0.05) is 42.5 Å². The Morgan fingerprint density at radius 3 is 2.48 bits per heavy atom. The second kappa shape index (κ2) is 6.64. The van der Waals surface area contributed by atoms with Crippen molar-refractivity contribution in [3.63, 3.8) is 0 Å². The molecule has 0 aliphatic heterocycles. The molecular weight excluding hydrogens is 343 g/mol. The lowest BCUT2D eigenvalue weighted by atomic mass is 10.1. The zero-order valence-electron chi connectivity index (χ0n) is 14.9. The Morgan fingerprint density at radius 2 is 1.74 bits per heavy atom. The van der Waals surface area contributed by atoms with E-state index in [1.54, 1.807) is 23.6 Å². The van der Waals surface area contributed by atoms with Gasteiger partial charge in [0.05, 0.1) is 22.6 Å². The van der Waals surface area contributed by atoms with Crippen molar-refractivity contribution in [1.82, 2.24) is 14.6 Å². The van der Waals surface area contributed by atoms with Crippen LogP contribution >= 0.6 is 0 Å². The smallest absolute Gasteiger partial charge is 0.259 e. The van der Waals surface area contributed by atoms with Crippen molar-refractivity contribution in [3.8, 4) is 11.1 Å². The van der Waals surface area contributed by atoms with Gasteiger partial charge in [0.25, 0.3) is 5.91 Å². The molecule has 0 aliphatic carbocycles. The molecule has 1 N–H and O–H groups in total. The molecule has 2 heterocycles. The van der Waals surface area contributed by atoms with Crippen LogP contribution in [0.15, 0.2) is 60.8 Å². The van der Waals surface area contributed by atoms with Crippen molar-refractivity contribution >= 4 is 17.2 Å². The molecule has 5 nitrogen and oxygen atoms in total. The summed E-state index contributed by atoms with van der Waals surface area (Å²) in [5.74, 6) is -0.916. The molecule has 0 unspecified atom stereocenters. The van der Waals surface area contributed by atoms with Gasteiger partial charge in [0, 0.05) is 11.8 Å². The molecule has 1 amide bonds. The van der Waals surface area contributed by atoms with Crippen LogP contribution in [-0.4, -0.2) is 20.5 Å². The first-order valence-electron chi connectivity index (χ1n) is 8.52. The molecule has 0 saturated heterocycles. The van der Waals surface area contributed by atoms with E-state index in [1.807, 2.05) is 37.3 Å². The highest BCUT2D eigenvalue weighted by atomic mass is 19.1. The van der Waals surface area contributed by atoms with E-state index in [9.17, 15) is 9.18 Å². The van der Waals surface area contributed by atoms with E-state index in [1.165, 1.54) is 18.3 Å². The van der Waals surface area contributed by atoms with E-state index in [4.69, 9.17) is 0 Å². The molecule has 134 valence electrons. The number of fused-ring (bicyclic) bond motifs is 1. The number of nitrogens with zero attached hydrogens (tertiary/aromatic N) is 3. The normalized spacial score (nSPS) is 10.9. The Labute approximate surface area is 155 Å². The van der Waals surface area contributed by atoms with Crippen molar-refractivity contribution in [2.75, 3.05) is 5.32 Å². The molecule has 6 heteroatoms. The molecule has 27 heavy (non-hydrogen) atoms. The molecule has 0 aliphatic rings. The third-order valence-corrected chi connectivity index (χ3v) is 4.49. The summed E-state index contributed by atoms with van der Waals surface area (Å²) in [6.07, 6.45) is 1.51. The minimum absolute atomic E-state index is 0.128. The van der Waals surface area contributed by atoms with E-state index >= 15 is 0 Å². The first-order valence-corrected chi connectivity index (χ1v) is 8.52. The summed E-state index contributed by atoms with van der Waals surface area (Å²) in [5.41, 5.74) is 4.55. The Balaban J connectivity index is 1.77. The molecule has 4 aromatic rings. The molecule has 2 aromatic heterocycles. The number of benzene rings is 2. The van der Waals surface area contributed by atoms with Crippen LogP contribution in [0.1, 0.15) is 21.7 Å². The summed E-state index contributed by atoms with van der Waals surface area (Å²) >= 11 is 0. The average molecular weight is 360 g/mol. The number of hydrogen-bond donors (Lipinski definition) is 1. The number of rotatable bonds is 3. The maximum Gasteiger partial charge on any atom is 0.259 e. The largest absolute Gasteiger partial charge is 0.319 e. The quantitative estimate of drug-likeness (QED) is 0.589. The summed E-state index contributed by atoms with van der Waals surface area (Å²) in [7, 11) is 0. The molecule has 0 bridgehead atoms. The molecular formula is C21H17FN4O. The van der Waals surface area contributed by atoms with Crippen LogP contribution in [-0.2, 0) is 0 Å². The fourth-order valence-corrected chi connectivity index (χ4v) is 3.12. The standard InChI is InChI=1S/C21H17FN4O/c1-13-19(15-8-4-3-5-9-15)20-23-12-16(14(2)26(20)25-13)21(27)24-18-11-7-6-10-17(18)22/h3-12H,1-2H3,(H,24,27). The van der Waals surface area contributed by atoms with Crippen LogP contribution in [0.2, 0.25) is 0 Å². The summed E-state index contributed by atoms with van der Waals surface area (Å²) in [6.45, 7) is 3.71. The lowest BCUT2D eigenvalue weighted by molar-refractivity contribution is 0.102. The van der Waals surface area contributed by atoms with Gasteiger partial charge in [-0.2, -0.15) is 5.10 Å². The van der Waals surface area contributed by atoms with Crippen molar-refractivity contribution in [3.05, 3.63) is 83.6 Å². The van der Waals surface area contributed by atoms with Crippen molar-refractivity contribution < 1.29 is 9.18 Å². The highest BCUT2D eigenvalue weighted by Gasteiger charge is 2.19. The predicted molar refractivity (Wildman–Crippen MR) is 102 cm³/mol. The third-order valence-electron chi connectivity index (χ3n) is 4.49. The van der Waals surface area contributed by atoms with Gasteiger partial charge < -0.3 is 5.32 Å². The first kappa shape index (κ1) is 16.9. The van der Waals surface area contributed by atoms with E-state index in [-0.39, 0.29) is 5.69 Å². The van der Waals surface area contributed by atoms with Crippen LogP contribution in [0.3, 0.4) is 0 Å². The second-order valence-electron chi connectivity index (χ2n) is 6.25. The molecule has 0 atom stereocenters. The summed E-state index contributed by atoms with van der Waals surface area (Å²) in [6, 6.07) is 15.9. The minimum atomic E-state index is -0.487. The topological polar surface area (TPSA) is 59.3 Å². The monoisotopic (exact) mass is 360 g/mol.